The van der Waals surface area contributed by atoms with Crippen molar-refractivity contribution in [2.45, 2.75) is 25.2 Å². The number of amides is 1. The Hall–Kier alpha value is -2.19. The van der Waals surface area contributed by atoms with Crippen molar-refractivity contribution in [1.29, 1.82) is 0 Å². The number of carbonyl (C=O) groups is 1. The van der Waals surface area contributed by atoms with Gasteiger partial charge in [-0.1, -0.05) is 12.1 Å². The van der Waals surface area contributed by atoms with Gasteiger partial charge in [0.25, 0.3) is 5.91 Å². The van der Waals surface area contributed by atoms with Crippen LogP contribution in [0.4, 0.5) is 5.69 Å². The van der Waals surface area contributed by atoms with Gasteiger partial charge in [-0.3, -0.25) is 4.79 Å². The first-order chi connectivity index (χ1) is 10.8. The quantitative estimate of drug-likeness (QED) is 0.901. The minimum absolute atomic E-state index is 0.163. The van der Waals surface area contributed by atoms with Crippen molar-refractivity contribution in [3.05, 3.63) is 41.3 Å². The Labute approximate surface area is 135 Å². The highest BCUT2D eigenvalue weighted by atomic mass is 32.2. The van der Waals surface area contributed by atoms with E-state index in [1.807, 2.05) is 6.92 Å². The molecule has 0 fully saturated rings. The van der Waals surface area contributed by atoms with E-state index in [9.17, 15) is 13.2 Å². The van der Waals surface area contributed by atoms with Gasteiger partial charge in [-0.05, 0) is 37.6 Å². The van der Waals surface area contributed by atoms with Crippen molar-refractivity contribution in [3.63, 3.8) is 0 Å². The third-order valence-corrected chi connectivity index (χ3v) is 5.22. The fourth-order valence-electron chi connectivity index (χ4n) is 2.06. The summed E-state index contributed by atoms with van der Waals surface area (Å²) in [7, 11) is -0.559. The van der Waals surface area contributed by atoms with Gasteiger partial charge in [0.2, 0.25) is 10.0 Å². The topological polar surface area (TPSA) is 92.5 Å². The lowest BCUT2D eigenvalue weighted by atomic mass is 10.1. The number of aryl methyl sites for hydroxylation is 2. The number of sulfonamides is 1. The average molecular weight is 337 g/mol. The van der Waals surface area contributed by atoms with Crippen molar-refractivity contribution in [3.8, 4) is 0 Å². The van der Waals surface area contributed by atoms with Crippen LogP contribution in [0.2, 0.25) is 0 Å². The SMILES string of the molecule is CCc1noc(C)c1C(=O)Nc1ccc(S(=O)(=O)N(C)C)cc1. The number of hydrogen-bond acceptors (Lipinski definition) is 5. The summed E-state index contributed by atoms with van der Waals surface area (Å²) in [5, 5.41) is 6.56. The molecule has 0 saturated heterocycles. The summed E-state index contributed by atoms with van der Waals surface area (Å²) in [4.78, 5) is 12.5. The van der Waals surface area contributed by atoms with E-state index >= 15 is 0 Å². The molecule has 0 radical (unpaired) electrons. The van der Waals surface area contributed by atoms with Gasteiger partial charge in [0.15, 0.2) is 0 Å². The summed E-state index contributed by atoms with van der Waals surface area (Å²) < 4.78 is 30.2. The van der Waals surface area contributed by atoms with Gasteiger partial charge in [-0.2, -0.15) is 0 Å². The van der Waals surface area contributed by atoms with E-state index in [1.165, 1.54) is 26.2 Å². The molecule has 1 aromatic carbocycles. The van der Waals surface area contributed by atoms with Gasteiger partial charge in [0.1, 0.15) is 11.3 Å². The largest absolute Gasteiger partial charge is 0.361 e. The molecule has 124 valence electrons. The second-order valence-electron chi connectivity index (χ2n) is 5.18. The van der Waals surface area contributed by atoms with Crippen LogP contribution in [0.1, 0.15) is 28.7 Å². The Morgan fingerprint density at radius 2 is 1.87 bits per heavy atom. The van der Waals surface area contributed by atoms with Gasteiger partial charge in [-0.25, -0.2) is 12.7 Å². The van der Waals surface area contributed by atoms with Crippen molar-refractivity contribution < 1.29 is 17.7 Å². The van der Waals surface area contributed by atoms with Crippen LogP contribution in [0.5, 0.6) is 0 Å². The van der Waals surface area contributed by atoms with Crippen LogP contribution in [-0.4, -0.2) is 37.9 Å². The van der Waals surface area contributed by atoms with Crippen molar-refractivity contribution in [2.24, 2.45) is 0 Å². The number of carbonyl (C=O) groups excluding carboxylic acids is 1. The lowest BCUT2D eigenvalue weighted by Crippen LogP contribution is -2.22. The maximum absolute atomic E-state index is 12.3. The maximum atomic E-state index is 12.3. The van der Waals surface area contributed by atoms with E-state index in [4.69, 9.17) is 4.52 Å². The van der Waals surface area contributed by atoms with Crippen LogP contribution in [-0.2, 0) is 16.4 Å². The summed E-state index contributed by atoms with van der Waals surface area (Å²) in [5.74, 6) is 0.120. The molecule has 1 amide bonds. The summed E-state index contributed by atoms with van der Waals surface area (Å²) in [6.07, 6.45) is 0.583. The fourth-order valence-corrected chi connectivity index (χ4v) is 2.97. The number of hydrogen-bond donors (Lipinski definition) is 1. The van der Waals surface area contributed by atoms with Crippen LogP contribution in [0, 0.1) is 6.92 Å². The molecule has 1 aromatic heterocycles. The number of nitrogens with zero attached hydrogens (tertiary/aromatic N) is 2. The molecular weight excluding hydrogens is 318 g/mol. The molecule has 2 rings (SSSR count). The van der Waals surface area contributed by atoms with Crippen LogP contribution >= 0.6 is 0 Å². The molecule has 7 nitrogen and oxygen atoms in total. The first kappa shape index (κ1) is 17.2. The average Bonchev–Trinajstić information content (AvgIpc) is 2.88. The Balaban J connectivity index is 2.22. The molecule has 8 heteroatoms. The zero-order chi connectivity index (χ0) is 17.2. The summed E-state index contributed by atoms with van der Waals surface area (Å²) in [6.45, 7) is 3.56. The Morgan fingerprint density at radius 3 is 2.39 bits per heavy atom. The summed E-state index contributed by atoms with van der Waals surface area (Å²) >= 11 is 0. The number of benzene rings is 1. The van der Waals surface area contributed by atoms with Gasteiger partial charge in [-0.15, -0.1) is 0 Å². The second-order valence-corrected chi connectivity index (χ2v) is 7.33. The monoisotopic (exact) mass is 337 g/mol. The van der Waals surface area contributed by atoms with Gasteiger partial charge in [0.05, 0.1) is 10.6 Å². The Bertz CT molecular complexity index is 808. The highest BCUT2D eigenvalue weighted by Crippen LogP contribution is 2.19. The lowest BCUT2D eigenvalue weighted by Gasteiger charge is -2.12. The van der Waals surface area contributed by atoms with Crippen LogP contribution in [0.25, 0.3) is 0 Å². The van der Waals surface area contributed by atoms with Crippen LogP contribution in [0.3, 0.4) is 0 Å². The normalized spacial score (nSPS) is 11.7. The number of anilines is 1. The zero-order valence-corrected chi connectivity index (χ0v) is 14.3. The van der Waals surface area contributed by atoms with Gasteiger partial charge in [0, 0.05) is 19.8 Å². The molecule has 23 heavy (non-hydrogen) atoms. The first-order valence-electron chi connectivity index (χ1n) is 7.06. The second kappa shape index (κ2) is 6.51. The molecule has 0 spiro atoms. The van der Waals surface area contributed by atoms with E-state index in [2.05, 4.69) is 10.5 Å². The highest BCUT2D eigenvalue weighted by molar-refractivity contribution is 7.89. The minimum atomic E-state index is -3.49. The predicted octanol–water partition coefficient (Wildman–Crippen LogP) is 2.05. The molecule has 0 bridgehead atoms. The Morgan fingerprint density at radius 1 is 1.26 bits per heavy atom. The standard InChI is InChI=1S/C15H19N3O4S/c1-5-13-14(10(2)22-17-13)15(19)16-11-6-8-12(9-7-11)23(20,21)18(3)4/h6-9H,5H2,1-4H3,(H,16,19). The molecule has 1 N–H and O–H groups in total. The molecule has 0 aliphatic carbocycles. The molecule has 2 aromatic rings. The van der Waals surface area contributed by atoms with E-state index in [0.717, 1.165) is 4.31 Å². The van der Waals surface area contributed by atoms with E-state index in [-0.39, 0.29) is 10.8 Å². The summed E-state index contributed by atoms with van der Waals surface area (Å²) in [6, 6.07) is 5.99. The van der Waals surface area contributed by atoms with Crippen molar-refractivity contribution in [2.75, 3.05) is 19.4 Å². The van der Waals surface area contributed by atoms with E-state index < -0.39 is 10.0 Å². The van der Waals surface area contributed by atoms with Crippen molar-refractivity contribution >= 4 is 21.6 Å². The summed E-state index contributed by atoms with van der Waals surface area (Å²) in [5.41, 5.74) is 1.50. The highest BCUT2D eigenvalue weighted by Gasteiger charge is 2.20. The maximum Gasteiger partial charge on any atom is 0.261 e. The molecule has 0 unspecified atom stereocenters. The van der Waals surface area contributed by atoms with Gasteiger partial charge >= 0.3 is 0 Å². The lowest BCUT2D eigenvalue weighted by molar-refractivity contribution is 0.102. The predicted molar refractivity (Wildman–Crippen MR) is 85.9 cm³/mol. The van der Waals surface area contributed by atoms with Crippen molar-refractivity contribution in [1.82, 2.24) is 9.46 Å². The first-order valence-corrected chi connectivity index (χ1v) is 8.50. The third-order valence-electron chi connectivity index (χ3n) is 3.39. The zero-order valence-electron chi connectivity index (χ0n) is 13.5. The van der Waals surface area contributed by atoms with Crippen LogP contribution in [0.15, 0.2) is 33.7 Å². The molecular formula is C15H19N3O4S. The van der Waals surface area contributed by atoms with Crippen LogP contribution < -0.4 is 5.32 Å². The molecule has 0 aliphatic heterocycles. The fraction of sp³-hybridized carbons (Fsp3) is 0.333. The number of aromatic nitrogens is 1. The number of rotatable bonds is 5. The van der Waals surface area contributed by atoms with E-state index in [1.54, 1.807) is 19.1 Å². The molecule has 1 heterocycles. The molecule has 0 aliphatic rings. The Kier molecular flexibility index (Phi) is 4.86. The molecule has 0 atom stereocenters. The van der Waals surface area contributed by atoms with Gasteiger partial charge < -0.3 is 9.84 Å². The molecule has 0 saturated carbocycles. The smallest absolute Gasteiger partial charge is 0.261 e. The number of nitrogens with one attached hydrogen (secondary N) is 1. The van der Waals surface area contributed by atoms with E-state index in [0.29, 0.717) is 29.1 Å². The third kappa shape index (κ3) is 3.43. The minimum Gasteiger partial charge on any atom is -0.361 e.